The van der Waals surface area contributed by atoms with Gasteiger partial charge in [0.1, 0.15) is 30.2 Å². The molecule has 0 fully saturated rings. The van der Waals surface area contributed by atoms with Gasteiger partial charge in [0, 0.05) is 0 Å². The second-order valence-electron chi connectivity index (χ2n) is 11.8. The minimum absolute atomic E-state index is 0.0542. The van der Waals surface area contributed by atoms with Crippen LogP contribution in [0.2, 0.25) is 0 Å². The van der Waals surface area contributed by atoms with Crippen molar-refractivity contribution < 1.29 is 49.2 Å². The second-order valence-corrected chi connectivity index (χ2v) is 11.8. The number of unbranched alkanes of at least 4 members (excludes halogenated alkanes) is 1. The van der Waals surface area contributed by atoms with Crippen molar-refractivity contribution in [1.82, 2.24) is 26.6 Å². The molecular formula is C28H53N7O10. The molecule has 13 N–H and O–H groups in total. The Hall–Kier alpha value is -3.38. The number of nitrogens with one attached hydrogen (secondary N) is 5. The molecule has 0 unspecified atom stereocenters. The van der Waals surface area contributed by atoms with Gasteiger partial charge in [0.05, 0.1) is 25.4 Å². The van der Waals surface area contributed by atoms with Crippen molar-refractivity contribution >= 4 is 35.5 Å². The summed E-state index contributed by atoms with van der Waals surface area (Å²) in [5.74, 6) is -5.83. The maximum atomic E-state index is 13.1. The zero-order chi connectivity index (χ0) is 34.9. The first-order valence-corrected chi connectivity index (χ1v) is 15.1. The molecule has 0 spiro atoms. The van der Waals surface area contributed by atoms with Crippen molar-refractivity contribution in [2.45, 2.75) is 109 Å². The van der Waals surface area contributed by atoms with Gasteiger partial charge in [-0.3, -0.25) is 24.0 Å². The number of carboxylic acids is 1. The van der Waals surface area contributed by atoms with E-state index in [1.807, 2.05) is 27.7 Å². The average Bonchev–Trinajstić information content (AvgIpc) is 2.94. The van der Waals surface area contributed by atoms with Crippen LogP contribution >= 0.6 is 0 Å². The topological polar surface area (TPSA) is 296 Å². The lowest BCUT2D eigenvalue weighted by atomic mass is 10.00. The van der Waals surface area contributed by atoms with Crippen LogP contribution < -0.4 is 38.1 Å². The molecule has 0 heterocycles. The lowest BCUT2D eigenvalue weighted by Gasteiger charge is -2.28. The fourth-order valence-electron chi connectivity index (χ4n) is 4.20. The summed E-state index contributed by atoms with van der Waals surface area (Å²) >= 11 is 0. The van der Waals surface area contributed by atoms with Crippen LogP contribution in [0.25, 0.3) is 0 Å². The molecule has 0 saturated carbocycles. The molecule has 0 aromatic rings. The standard InChI is InChI=1S/C28H53N7O10/c1-14(2)10-17(30)23(39)32-19(11-15(3)4)24(40)35-22(16(5)38)27(43)34-21(13-37)26(42)33-20(12-36)25(41)31-18(28(44)45)8-6-7-9-29/h14-22,36-38H,6-13,29-30H2,1-5H3,(H,31,41)(H,32,39)(H,33,42)(H,34,43)(H,35,40)(H,44,45)/t16-,17+,18+,19+,20+,21+,22+/m1/s1. The summed E-state index contributed by atoms with van der Waals surface area (Å²) in [4.78, 5) is 75.7. The maximum Gasteiger partial charge on any atom is 0.326 e. The first-order chi connectivity index (χ1) is 21.0. The Labute approximate surface area is 263 Å². The lowest BCUT2D eigenvalue weighted by molar-refractivity contribution is -0.143. The number of aliphatic hydroxyl groups excluding tert-OH is 3. The highest BCUT2D eigenvalue weighted by atomic mass is 16.4. The summed E-state index contributed by atoms with van der Waals surface area (Å²) in [5, 5.41) is 50.5. The van der Waals surface area contributed by atoms with E-state index in [-0.39, 0.29) is 24.7 Å². The van der Waals surface area contributed by atoms with Gasteiger partial charge in [-0.2, -0.15) is 0 Å². The number of aliphatic hydroxyl groups is 3. The smallest absolute Gasteiger partial charge is 0.326 e. The largest absolute Gasteiger partial charge is 0.480 e. The van der Waals surface area contributed by atoms with E-state index < -0.39 is 91.1 Å². The molecule has 0 rings (SSSR count). The normalized spacial score (nSPS) is 16.0. The monoisotopic (exact) mass is 647 g/mol. The fourth-order valence-corrected chi connectivity index (χ4v) is 4.20. The van der Waals surface area contributed by atoms with Crippen LogP contribution in [0.1, 0.15) is 66.7 Å². The Morgan fingerprint density at radius 3 is 1.49 bits per heavy atom. The van der Waals surface area contributed by atoms with Gasteiger partial charge >= 0.3 is 5.97 Å². The van der Waals surface area contributed by atoms with Gasteiger partial charge < -0.3 is 58.5 Å². The summed E-state index contributed by atoms with van der Waals surface area (Å²) < 4.78 is 0. The summed E-state index contributed by atoms with van der Waals surface area (Å²) in [5.41, 5.74) is 11.3. The molecule has 260 valence electrons. The Kier molecular flexibility index (Phi) is 19.8. The molecule has 0 aliphatic heterocycles. The van der Waals surface area contributed by atoms with Gasteiger partial charge in [-0.25, -0.2) is 4.79 Å². The lowest BCUT2D eigenvalue weighted by Crippen LogP contribution is -2.62. The van der Waals surface area contributed by atoms with E-state index in [0.717, 1.165) is 0 Å². The van der Waals surface area contributed by atoms with Crippen molar-refractivity contribution in [1.29, 1.82) is 0 Å². The van der Waals surface area contributed by atoms with Gasteiger partial charge in [0.15, 0.2) is 0 Å². The van der Waals surface area contributed by atoms with E-state index in [4.69, 9.17) is 11.5 Å². The highest BCUT2D eigenvalue weighted by Crippen LogP contribution is 2.09. The number of carboxylic acid groups (broad SMARTS) is 1. The van der Waals surface area contributed by atoms with Crippen molar-refractivity contribution in [2.75, 3.05) is 19.8 Å². The van der Waals surface area contributed by atoms with Crippen molar-refractivity contribution in [3.8, 4) is 0 Å². The predicted molar refractivity (Wildman–Crippen MR) is 163 cm³/mol. The molecule has 7 atom stereocenters. The quantitative estimate of drug-likeness (QED) is 0.0508. The molecule has 0 aliphatic carbocycles. The van der Waals surface area contributed by atoms with Crippen LogP contribution in [-0.2, 0) is 28.8 Å². The minimum Gasteiger partial charge on any atom is -0.480 e. The van der Waals surface area contributed by atoms with Crippen molar-refractivity contribution in [3.05, 3.63) is 0 Å². The van der Waals surface area contributed by atoms with E-state index >= 15 is 0 Å². The molecule has 0 aliphatic rings. The molecule has 0 bridgehead atoms. The highest BCUT2D eigenvalue weighted by molar-refractivity contribution is 5.96. The minimum atomic E-state index is -1.70. The number of carbonyl (C=O) groups is 6. The molecule has 0 saturated heterocycles. The molecule has 0 radical (unpaired) electrons. The zero-order valence-corrected chi connectivity index (χ0v) is 26.7. The number of hydrogen-bond donors (Lipinski definition) is 11. The molecule has 17 nitrogen and oxygen atoms in total. The number of aliphatic carboxylic acids is 1. The third-order valence-corrected chi connectivity index (χ3v) is 6.66. The van der Waals surface area contributed by atoms with Gasteiger partial charge in [-0.1, -0.05) is 27.7 Å². The van der Waals surface area contributed by atoms with Crippen LogP contribution in [0.3, 0.4) is 0 Å². The molecule has 0 aromatic carbocycles. The third-order valence-electron chi connectivity index (χ3n) is 6.66. The van der Waals surface area contributed by atoms with Crippen LogP contribution in [0, 0.1) is 11.8 Å². The summed E-state index contributed by atoms with van der Waals surface area (Å²) in [6.45, 7) is 7.01. The first kappa shape index (κ1) is 41.6. The SMILES string of the molecule is CC(C)C[C@H](NC(=O)[C@@H](N)CC(C)C)C(=O)N[C@H](C(=O)N[C@@H](CO)C(=O)N[C@@H](CO)C(=O)N[C@@H](CCCCN)C(=O)O)[C@@H](C)O. The van der Waals surface area contributed by atoms with Crippen LogP contribution in [0.15, 0.2) is 0 Å². The van der Waals surface area contributed by atoms with E-state index in [1.54, 1.807) is 0 Å². The Morgan fingerprint density at radius 2 is 1.07 bits per heavy atom. The Balaban J connectivity index is 5.58. The van der Waals surface area contributed by atoms with Crippen LogP contribution in [0.4, 0.5) is 0 Å². The molecular weight excluding hydrogens is 594 g/mol. The second kappa shape index (κ2) is 21.4. The van der Waals surface area contributed by atoms with Crippen LogP contribution in [-0.4, -0.2) is 118 Å². The van der Waals surface area contributed by atoms with Crippen molar-refractivity contribution in [3.63, 3.8) is 0 Å². The summed E-state index contributed by atoms with van der Waals surface area (Å²) in [6.07, 6.45) is 0.0444. The molecule has 0 aromatic heterocycles. The Bertz CT molecular complexity index is 979. The van der Waals surface area contributed by atoms with Gasteiger partial charge in [0.25, 0.3) is 0 Å². The number of carbonyl (C=O) groups excluding carboxylic acids is 5. The number of nitrogens with two attached hydrogens (primary N) is 2. The third kappa shape index (κ3) is 16.0. The van der Waals surface area contributed by atoms with Gasteiger partial charge in [-0.05, 0) is 57.4 Å². The van der Waals surface area contributed by atoms with Gasteiger partial charge in [0.2, 0.25) is 29.5 Å². The Morgan fingerprint density at radius 1 is 0.622 bits per heavy atom. The zero-order valence-electron chi connectivity index (χ0n) is 26.7. The molecule has 17 heteroatoms. The fraction of sp³-hybridized carbons (Fsp3) is 0.786. The van der Waals surface area contributed by atoms with Crippen LogP contribution in [0.5, 0.6) is 0 Å². The maximum absolute atomic E-state index is 13.1. The summed E-state index contributed by atoms with van der Waals surface area (Å²) in [7, 11) is 0. The molecule has 45 heavy (non-hydrogen) atoms. The number of hydrogen-bond acceptors (Lipinski definition) is 11. The predicted octanol–water partition coefficient (Wildman–Crippen LogP) is -3.59. The first-order valence-electron chi connectivity index (χ1n) is 15.1. The van der Waals surface area contributed by atoms with Gasteiger partial charge in [-0.15, -0.1) is 0 Å². The average molecular weight is 648 g/mol. The molecule has 5 amide bonds. The summed E-state index contributed by atoms with van der Waals surface area (Å²) in [6, 6.07) is -8.24. The highest BCUT2D eigenvalue weighted by Gasteiger charge is 2.34. The van der Waals surface area contributed by atoms with E-state index in [2.05, 4.69) is 26.6 Å². The van der Waals surface area contributed by atoms with E-state index in [1.165, 1.54) is 6.92 Å². The van der Waals surface area contributed by atoms with E-state index in [9.17, 15) is 49.2 Å². The number of amides is 5. The van der Waals surface area contributed by atoms with Crippen molar-refractivity contribution in [2.24, 2.45) is 23.3 Å². The van der Waals surface area contributed by atoms with E-state index in [0.29, 0.717) is 25.8 Å². The number of rotatable bonds is 22.